The smallest absolute Gasteiger partial charge is 0.423 e. The lowest BCUT2D eigenvalue weighted by Crippen LogP contribution is -2.44. The molecule has 0 aliphatic rings. The summed E-state index contributed by atoms with van der Waals surface area (Å²) in [6.45, 7) is 0. The highest BCUT2D eigenvalue weighted by atomic mass is 32.2. The third-order valence-corrected chi connectivity index (χ3v) is 6.53. The summed E-state index contributed by atoms with van der Waals surface area (Å²) >= 11 is 0. The molecule has 2 unspecified atom stereocenters. The number of aliphatic carboxylic acids is 1. The number of carbonyl (C=O) groups is 1. The number of nitrogens with zero attached hydrogens (tertiary/aromatic N) is 1. The summed E-state index contributed by atoms with van der Waals surface area (Å²) in [6, 6.07) is 3.06. The Hall–Kier alpha value is -2.64. The van der Waals surface area contributed by atoms with Crippen molar-refractivity contribution in [3.8, 4) is 11.1 Å². The molecule has 5 N–H and O–H groups in total. The van der Waals surface area contributed by atoms with Gasteiger partial charge in [0.15, 0.2) is 0 Å². The first-order valence-corrected chi connectivity index (χ1v) is 11.0. The van der Waals surface area contributed by atoms with Crippen LogP contribution in [0.4, 0.5) is 22.0 Å². The van der Waals surface area contributed by atoms with Gasteiger partial charge in [-0.25, -0.2) is 13.0 Å². The summed E-state index contributed by atoms with van der Waals surface area (Å²) in [5, 5.41) is 19.1. The van der Waals surface area contributed by atoms with Crippen LogP contribution in [0.25, 0.3) is 11.1 Å². The average Bonchev–Trinajstić information content (AvgIpc) is 2.69. The van der Waals surface area contributed by atoms with Crippen molar-refractivity contribution >= 4 is 15.7 Å². The molecular weight excluding hydrogens is 461 g/mol. The van der Waals surface area contributed by atoms with Gasteiger partial charge in [0.1, 0.15) is 17.7 Å². The van der Waals surface area contributed by atoms with Gasteiger partial charge < -0.3 is 15.9 Å². The number of carboxylic acids is 1. The maximum Gasteiger partial charge on any atom is 0.423 e. The van der Waals surface area contributed by atoms with Gasteiger partial charge in [-0.3, -0.25) is 14.6 Å². The van der Waals surface area contributed by atoms with Crippen LogP contribution in [0.5, 0.6) is 0 Å². The number of aliphatic hydroxyl groups is 1. The number of pyridine rings is 1. The zero-order chi connectivity index (χ0) is 24.3. The van der Waals surface area contributed by atoms with E-state index in [2.05, 4.69) is 4.98 Å². The first-order chi connectivity index (χ1) is 14.7. The molecule has 0 amide bonds. The lowest BCUT2D eigenvalue weighted by Gasteiger charge is -2.30. The SMILES string of the molecule is N=S(=O)(CC[C@H](N)C(=O)O)CCC(O)(c1ccc(-c2ccc(F)cc2F)cn1)C(F)(F)F. The minimum absolute atomic E-state index is 0.0303. The lowest BCUT2D eigenvalue weighted by atomic mass is 9.94. The van der Waals surface area contributed by atoms with Gasteiger partial charge in [-0.15, -0.1) is 0 Å². The molecule has 0 bridgehead atoms. The summed E-state index contributed by atoms with van der Waals surface area (Å²) < 4.78 is 87.9. The highest BCUT2D eigenvalue weighted by molar-refractivity contribution is 7.92. The molecule has 0 fully saturated rings. The Labute approximate surface area is 180 Å². The van der Waals surface area contributed by atoms with Gasteiger partial charge in [0.25, 0.3) is 0 Å². The quantitative estimate of drug-likeness (QED) is 0.407. The van der Waals surface area contributed by atoms with Crippen molar-refractivity contribution in [1.82, 2.24) is 4.98 Å². The first kappa shape index (κ1) is 25.6. The molecule has 176 valence electrons. The van der Waals surface area contributed by atoms with Crippen molar-refractivity contribution in [2.45, 2.75) is 30.7 Å². The number of carboxylic acid groups (broad SMARTS) is 1. The van der Waals surface area contributed by atoms with Crippen LogP contribution < -0.4 is 5.73 Å². The van der Waals surface area contributed by atoms with Gasteiger partial charge in [0.05, 0.1) is 5.69 Å². The predicted octanol–water partition coefficient (Wildman–Crippen LogP) is 3.02. The molecule has 0 aliphatic heterocycles. The molecule has 7 nitrogen and oxygen atoms in total. The van der Waals surface area contributed by atoms with E-state index >= 15 is 0 Å². The highest BCUT2D eigenvalue weighted by Gasteiger charge is 2.56. The number of rotatable bonds is 9. The van der Waals surface area contributed by atoms with Crippen LogP contribution in [-0.2, 0) is 20.1 Å². The van der Waals surface area contributed by atoms with E-state index in [1.54, 1.807) is 0 Å². The second kappa shape index (κ2) is 9.46. The minimum Gasteiger partial charge on any atom is -0.480 e. The second-order valence-corrected chi connectivity index (χ2v) is 9.56. The maximum absolute atomic E-state index is 13.9. The molecule has 2 aromatic rings. The van der Waals surface area contributed by atoms with Crippen molar-refractivity contribution in [2.24, 2.45) is 5.73 Å². The zero-order valence-electron chi connectivity index (χ0n) is 16.4. The first-order valence-electron chi connectivity index (χ1n) is 9.10. The van der Waals surface area contributed by atoms with Crippen molar-refractivity contribution in [1.29, 1.82) is 4.78 Å². The molecule has 32 heavy (non-hydrogen) atoms. The standard InChI is InChI=1S/C19H20F5N3O4S/c20-12-2-3-13(14(21)9-12)11-1-4-16(27-10-11)18(30,19(22,23)24)6-8-32(26,31)7-5-15(25)17(28)29/h1-4,9-10,15,26,30H,5-8,25H2,(H,28,29)/t15-,18?,32?/m0/s1. The highest BCUT2D eigenvalue weighted by Crippen LogP contribution is 2.41. The summed E-state index contributed by atoms with van der Waals surface area (Å²) in [5.41, 5.74) is 0.731. The van der Waals surface area contributed by atoms with E-state index in [1.165, 1.54) is 0 Å². The molecule has 0 radical (unpaired) electrons. The van der Waals surface area contributed by atoms with Gasteiger partial charge in [-0.2, -0.15) is 13.2 Å². The Bertz CT molecular complexity index is 1080. The van der Waals surface area contributed by atoms with E-state index in [1.807, 2.05) is 0 Å². The van der Waals surface area contributed by atoms with Gasteiger partial charge in [-0.05, 0) is 24.6 Å². The molecule has 0 aliphatic carbocycles. The second-order valence-electron chi connectivity index (χ2n) is 7.12. The number of halogens is 5. The van der Waals surface area contributed by atoms with E-state index in [0.29, 0.717) is 6.07 Å². The Kier molecular flexibility index (Phi) is 7.58. The van der Waals surface area contributed by atoms with Crippen molar-refractivity contribution in [3.63, 3.8) is 0 Å². The van der Waals surface area contributed by atoms with Crippen molar-refractivity contribution in [2.75, 3.05) is 11.5 Å². The molecule has 0 spiro atoms. The monoisotopic (exact) mass is 481 g/mol. The molecule has 1 aromatic carbocycles. The zero-order valence-corrected chi connectivity index (χ0v) is 17.2. The van der Waals surface area contributed by atoms with Gasteiger partial charge >= 0.3 is 12.1 Å². The van der Waals surface area contributed by atoms with Crippen LogP contribution in [0.1, 0.15) is 18.5 Å². The Balaban J connectivity index is 2.26. The number of nitrogens with two attached hydrogens (primary N) is 1. The molecule has 0 saturated carbocycles. The minimum atomic E-state index is -5.25. The maximum atomic E-state index is 13.9. The van der Waals surface area contributed by atoms with E-state index in [4.69, 9.17) is 15.6 Å². The number of aromatic nitrogens is 1. The summed E-state index contributed by atoms with van der Waals surface area (Å²) in [5.74, 6) is -4.67. The molecule has 0 saturated heterocycles. The number of alkyl halides is 3. The summed E-state index contributed by atoms with van der Waals surface area (Å²) in [7, 11) is -3.69. The molecule has 1 heterocycles. The molecule has 1 aromatic heterocycles. The fraction of sp³-hybridized carbons (Fsp3) is 0.368. The predicted molar refractivity (Wildman–Crippen MR) is 105 cm³/mol. The van der Waals surface area contributed by atoms with Gasteiger partial charge in [-0.1, -0.05) is 6.07 Å². The lowest BCUT2D eigenvalue weighted by molar-refractivity contribution is -0.268. The summed E-state index contributed by atoms with van der Waals surface area (Å²) in [4.78, 5) is 14.3. The van der Waals surface area contributed by atoms with E-state index in [9.17, 15) is 36.1 Å². The molecule has 2 rings (SSSR count). The largest absolute Gasteiger partial charge is 0.480 e. The number of hydrogen-bond donors (Lipinski definition) is 4. The molecule has 13 heteroatoms. The van der Waals surface area contributed by atoms with Crippen LogP contribution in [0, 0.1) is 16.4 Å². The Morgan fingerprint density at radius 2 is 1.84 bits per heavy atom. The van der Waals surface area contributed by atoms with Crippen LogP contribution in [-0.4, -0.2) is 49.1 Å². The van der Waals surface area contributed by atoms with Gasteiger partial charge in [0.2, 0.25) is 5.60 Å². The van der Waals surface area contributed by atoms with E-state index in [-0.39, 0.29) is 11.1 Å². The normalized spacial score (nSPS) is 16.7. The number of hydrogen-bond acceptors (Lipinski definition) is 6. The van der Waals surface area contributed by atoms with Crippen molar-refractivity contribution < 1.29 is 41.2 Å². The number of benzene rings is 1. The number of nitrogens with one attached hydrogen (secondary N) is 1. The fourth-order valence-electron chi connectivity index (χ4n) is 2.79. The topological polar surface area (TPSA) is 137 Å². The van der Waals surface area contributed by atoms with Crippen LogP contribution in [0.2, 0.25) is 0 Å². The average molecular weight is 481 g/mol. The van der Waals surface area contributed by atoms with Crippen molar-refractivity contribution in [3.05, 3.63) is 53.9 Å². The third kappa shape index (κ3) is 5.99. The fourth-order valence-corrected chi connectivity index (χ4v) is 4.26. The Morgan fingerprint density at radius 1 is 1.19 bits per heavy atom. The van der Waals surface area contributed by atoms with Crippen LogP contribution in [0.3, 0.4) is 0 Å². The van der Waals surface area contributed by atoms with Crippen LogP contribution in [0.15, 0.2) is 36.5 Å². The van der Waals surface area contributed by atoms with E-state index < -0.39 is 75.2 Å². The molecule has 3 atom stereocenters. The Morgan fingerprint density at radius 3 is 2.34 bits per heavy atom. The molecular formula is C19H20F5N3O4S. The summed E-state index contributed by atoms with van der Waals surface area (Å²) in [6.07, 6.45) is -5.96. The van der Waals surface area contributed by atoms with E-state index in [0.717, 1.165) is 30.5 Å². The third-order valence-electron chi connectivity index (χ3n) is 4.77. The van der Waals surface area contributed by atoms with Crippen LogP contribution >= 0.6 is 0 Å². The van der Waals surface area contributed by atoms with Gasteiger partial charge in [0, 0.05) is 51.0 Å².